The molecule has 5 nitrogen and oxygen atoms in total. The van der Waals surface area contributed by atoms with Crippen molar-refractivity contribution in [2.45, 2.75) is 0 Å². The first-order chi connectivity index (χ1) is 9.10. The van der Waals surface area contributed by atoms with E-state index in [2.05, 4.69) is 5.32 Å². The summed E-state index contributed by atoms with van der Waals surface area (Å²) in [6.07, 6.45) is 1.54. The molecule has 0 saturated carbocycles. The van der Waals surface area contributed by atoms with Crippen LogP contribution in [0.3, 0.4) is 0 Å². The number of aromatic nitrogens is 1. The molecule has 1 amide bonds. The Labute approximate surface area is 109 Å². The number of pyridine rings is 1. The largest absolute Gasteiger partial charge is 0.322 e. The number of nitriles is 1. The number of anilines is 1. The Kier molecular flexibility index (Phi) is 3.44. The van der Waals surface area contributed by atoms with Crippen LogP contribution >= 0.6 is 0 Å². The third kappa shape index (κ3) is 2.87. The lowest BCUT2D eigenvalue weighted by Crippen LogP contribution is -2.19. The summed E-state index contributed by atoms with van der Waals surface area (Å²) in [6.45, 7) is 0. The van der Waals surface area contributed by atoms with Gasteiger partial charge in [-0.15, -0.1) is 0 Å². The van der Waals surface area contributed by atoms with Crippen molar-refractivity contribution in [3.8, 4) is 6.07 Å². The van der Waals surface area contributed by atoms with Crippen LogP contribution in [0.15, 0.2) is 47.4 Å². The van der Waals surface area contributed by atoms with Gasteiger partial charge >= 0.3 is 0 Å². The summed E-state index contributed by atoms with van der Waals surface area (Å²) in [5, 5.41) is 11.3. The molecule has 0 aliphatic carbocycles. The van der Waals surface area contributed by atoms with Gasteiger partial charge in [-0.2, -0.15) is 5.26 Å². The number of aryl methyl sites for hydroxylation is 1. The highest BCUT2D eigenvalue weighted by Crippen LogP contribution is 2.10. The number of rotatable bonds is 2. The average Bonchev–Trinajstić information content (AvgIpc) is 2.42. The minimum atomic E-state index is -0.359. The third-order valence-electron chi connectivity index (χ3n) is 2.64. The van der Waals surface area contributed by atoms with Gasteiger partial charge in [-0.3, -0.25) is 9.59 Å². The lowest BCUT2D eigenvalue weighted by molar-refractivity contribution is 0.102. The normalized spacial score (nSPS) is 9.68. The summed E-state index contributed by atoms with van der Waals surface area (Å²) in [5.41, 5.74) is 1.15. The molecule has 1 aromatic heterocycles. The quantitative estimate of drug-likeness (QED) is 0.881. The van der Waals surface area contributed by atoms with Crippen LogP contribution in [-0.2, 0) is 7.05 Å². The molecule has 1 N–H and O–H groups in total. The van der Waals surface area contributed by atoms with Crippen LogP contribution in [0.5, 0.6) is 0 Å². The van der Waals surface area contributed by atoms with Gasteiger partial charge in [0.1, 0.15) is 0 Å². The Morgan fingerprint density at radius 2 is 1.95 bits per heavy atom. The SMILES string of the molecule is Cn1ccc(C(=O)Nc2ccc(C#N)cc2)cc1=O. The fourth-order valence-corrected chi connectivity index (χ4v) is 1.52. The van der Waals surface area contributed by atoms with Gasteiger partial charge in [0.15, 0.2) is 0 Å². The number of amides is 1. The van der Waals surface area contributed by atoms with Crippen molar-refractivity contribution in [2.75, 3.05) is 5.32 Å². The second-order valence-corrected chi connectivity index (χ2v) is 4.01. The van der Waals surface area contributed by atoms with Gasteiger partial charge in [0.05, 0.1) is 11.6 Å². The monoisotopic (exact) mass is 253 g/mol. The Morgan fingerprint density at radius 1 is 1.26 bits per heavy atom. The first kappa shape index (κ1) is 12.6. The minimum absolute atomic E-state index is 0.243. The predicted molar refractivity (Wildman–Crippen MR) is 70.8 cm³/mol. The van der Waals surface area contributed by atoms with Crippen molar-refractivity contribution < 1.29 is 4.79 Å². The van der Waals surface area contributed by atoms with Crippen LogP contribution in [0.1, 0.15) is 15.9 Å². The van der Waals surface area contributed by atoms with Crippen molar-refractivity contribution in [3.05, 3.63) is 64.1 Å². The van der Waals surface area contributed by atoms with E-state index in [9.17, 15) is 9.59 Å². The Bertz CT molecular complexity index is 709. The van der Waals surface area contributed by atoms with E-state index in [1.807, 2.05) is 6.07 Å². The summed E-state index contributed by atoms with van der Waals surface area (Å²) in [5.74, 6) is -0.359. The van der Waals surface area contributed by atoms with Crippen LogP contribution in [-0.4, -0.2) is 10.5 Å². The van der Waals surface area contributed by atoms with Gasteiger partial charge in [0.25, 0.3) is 11.5 Å². The molecule has 94 valence electrons. The molecule has 0 saturated heterocycles. The molecule has 5 heteroatoms. The summed E-state index contributed by atoms with van der Waals surface area (Å²) in [7, 11) is 1.62. The van der Waals surface area contributed by atoms with E-state index in [1.165, 1.54) is 16.8 Å². The van der Waals surface area contributed by atoms with E-state index < -0.39 is 0 Å². The van der Waals surface area contributed by atoms with E-state index >= 15 is 0 Å². The van der Waals surface area contributed by atoms with E-state index in [-0.39, 0.29) is 11.5 Å². The molecule has 1 heterocycles. The second kappa shape index (κ2) is 5.19. The molecule has 19 heavy (non-hydrogen) atoms. The van der Waals surface area contributed by atoms with Crippen molar-refractivity contribution in [1.82, 2.24) is 4.57 Å². The molecular formula is C14H11N3O2. The molecule has 1 aromatic carbocycles. The molecule has 0 bridgehead atoms. The van der Waals surface area contributed by atoms with E-state index in [0.717, 1.165) is 0 Å². The number of carbonyl (C=O) groups is 1. The molecule has 0 aliphatic rings. The maximum Gasteiger partial charge on any atom is 0.255 e. The second-order valence-electron chi connectivity index (χ2n) is 4.01. The smallest absolute Gasteiger partial charge is 0.255 e. The van der Waals surface area contributed by atoms with Crippen molar-refractivity contribution in [1.29, 1.82) is 5.26 Å². The summed E-state index contributed by atoms with van der Waals surface area (Å²) in [4.78, 5) is 23.3. The van der Waals surface area contributed by atoms with Crippen LogP contribution in [0, 0.1) is 11.3 Å². The minimum Gasteiger partial charge on any atom is -0.322 e. The van der Waals surface area contributed by atoms with Crippen LogP contribution in [0.2, 0.25) is 0 Å². The molecule has 0 aliphatic heterocycles. The van der Waals surface area contributed by atoms with Crippen molar-refractivity contribution >= 4 is 11.6 Å². The zero-order valence-corrected chi connectivity index (χ0v) is 10.3. The molecule has 0 unspecified atom stereocenters. The number of hydrogen-bond donors (Lipinski definition) is 1. The first-order valence-corrected chi connectivity index (χ1v) is 5.58. The van der Waals surface area contributed by atoms with Gasteiger partial charge in [-0.05, 0) is 30.3 Å². The molecular weight excluding hydrogens is 242 g/mol. The summed E-state index contributed by atoms with van der Waals surface area (Å²) in [6, 6.07) is 11.3. The molecule has 0 spiro atoms. The van der Waals surface area contributed by atoms with E-state index in [4.69, 9.17) is 5.26 Å². The first-order valence-electron chi connectivity index (χ1n) is 5.58. The number of carbonyl (C=O) groups excluding carboxylic acids is 1. The van der Waals surface area contributed by atoms with Gasteiger partial charge in [-0.1, -0.05) is 0 Å². The Balaban J connectivity index is 2.18. The van der Waals surface area contributed by atoms with Gasteiger partial charge in [0.2, 0.25) is 0 Å². The Morgan fingerprint density at radius 3 is 2.53 bits per heavy atom. The third-order valence-corrected chi connectivity index (χ3v) is 2.64. The highest BCUT2D eigenvalue weighted by Gasteiger charge is 2.07. The average molecular weight is 253 g/mol. The summed E-state index contributed by atoms with van der Waals surface area (Å²) >= 11 is 0. The molecule has 0 radical (unpaired) electrons. The number of hydrogen-bond acceptors (Lipinski definition) is 3. The fraction of sp³-hybridized carbons (Fsp3) is 0.0714. The van der Waals surface area contributed by atoms with Crippen LogP contribution < -0.4 is 10.9 Å². The van der Waals surface area contributed by atoms with Gasteiger partial charge in [0, 0.05) is 30.6 Å². The zero-order chi connectivity index (χ0) is 13.8. The maximum absolute atomic E-state index is 11.9. The molecule has 2 aromatic rings. The fourth-order valence-electron chi connectivity index (χ4n) is 1.52. The van der Waals surface area contributed by atoms with Gasteiger partial charge in [-0.25, -0.2) is 0 Å². The summed E-state index contributed by atoms with van der Waals surface area (Å²) < 4.78 is 1.39. The van der Waals surface area contributed by atoms with Gasteiger partial charge < -0.3 is 9.88 Å². The van der Waals surface area contributed by atoms with Crippen molar-refractivity contribution in [2.24, 2.45) is 7.05 Å². The van der Waals surface area contributed by atoms with E-state index in [0.29, 0.717) is 16.8 Å². The lowest BCUT2D eigenvalue weighted by atomic mass is 10.2. The zero-order valence-electron chi connectivity index (χ0n) is 10.3. The predicted octanol–water partition coefficient (Wildman–Crippen LogP) is 1.51. The highest BCUT2D eigenvalue weighted by molar-refractivity contribution is 6.04. The maximum atomic E-state index is 11.9. The number of benzene rings is 1. The Hall–Kier alpha value is -2.87. The van der Waals surface area contributed by atoms with Crippen LogP contribution in [0.4, 0.5) is 5.69 Å². The number of nitrogens with zero attached hydrogens (tertiary/aromatic N) is 2. The molecule has 0 fully saturated rings. The molecule has 2 rings (SSSR count). The van der Waals surface area contributed by atoms with Crippen LogP contribution in [0.25, 0.3) is 0 Å². The standard InChI is InChI=1S/C14H11N3O2/c1-17-7-6-11(8-13(17)18)14(19)16-12-4-2-10(9-15)3-5-12/h2-8H,1H3,(H,16,19). The topological polar surface area (TPSA) is 74.9 Å². The molecule has 0 atom stereocenters. The highest BCUT2D eigenvalue weighted by atomic mass is 16.2. The number of nitrogens with one attached hydrogen (secondary N) is 1. The lowest BCUT2D eigenvalue weighted by Gasteiger charge is -2.05. The van der Waals surface area contributed by atoms with Crippen molar-refractivity contribution in [3.63, 3.8) is 0 Å². The van der Waals surface area contributed by atoms with E-state index in [1.54, 1.807) is 37.4 Å².